The largest absolute Gasteiger partial charge is 0.493 e. The van der Waals surface area contributed by atoms with Crippen molar-refractivity contribution in [1.82, 2.24) is 9.97 Å². The number of aromatic nitrogens is 2. The van der Waals surface area contributed by atoms with Gasteiger partial charge in [0.2, 0.25) is 5.95 Å². The molecule has 1 aromatic heterocycles. The van der Waals surface area contributed by atoms with E-state index in [9.17, 15) is 0 Å². The zero-order valence-electron chi connectivity index (χ0n) is 17.6. The summed E-state index contributed by atoms with van der Waals surface area (Å²) in [5, 5.41) is 3.41. The van der Waals surface area contributed by atoms with Gasteiger partial charge >= 0.3 is 0 Å². The summed E-state index contributed by atoms with van der Waals surface area (Å²) in [5.74, 6) is 3.44. The lowest BCUT2D eigenvalue weighted by Crippen LogP contribution is -2.35. The van der Waals surface area contributed by atoms with Crippen LogP contribution in [-0.2, 0) is 4.74 Å². The Kier molecular flexibility index (Phi) is 6.73. The van der Waals surface area contributed by atoms with Gasteiger partial charge in [-0.15, -0.1) is 0 Å². The molecule has 6 nitrogen and oxygen atoms in total. The van der Waals surface area contributed by atoms with Crippen LogP contribution in [0.25, 0.3) is 0 Å². The van der Waals surface area contributed by atoms with Gasteiger partial charge in [-0.25, -0.2) is 4.98 Å². The highest BCUT2D eigenvalue weighted by Crippen LogP contribution is 2.25. The molecule has 28 heavy (non-hydrogen) atoms. The highest BCUT2D eigenvalue weighted by atomic mass is 16.5. The van der Waals surface area contributed by atoms with Crippen molar-refractivity contribution in [2.75, 3.05) is 30.2 Å². The van der Waals surface area contributed by atoms with Gasteiger partial charge in [0.25, 0.3) is 0 Å². The first kappa shape index (κ1) is 20.4. The van der Waals surface area contributed by atoms with E-state index in [4.69, 9.17) is 14.5 Å². The molecular formula is C22H32N4O2. The van der Waals surface area contributed by atoms with Crippen LogP contribution >= 0.6 is 0 Å². The molecule has 2 aromatic rings. The van der Waals surface area contributed by atoms with Crippen LogP contribution in [0.4, 0.5) is 11.8 Å². The van der Waals surface area contributed by atoms with E-state index in [2.05, 4.69) is 62.0 Å². The SMILES string of the molecule is CC(C)COc1ccc([C@H](C)Nc2nccc(N3COC[C@@H]3C(C)C)n2)cc1. The third-order valence-electron chi connectivity index (χ3n) is 4.93. The van der Waals surface area contributed by atoms with Gasteiger partial charge in [-0.3, -0.25) is 0 Å². The van der Waals surface area contributed by atoms with E-state index in [1.807, 2.05) is 18.2 Å². The maximum Gasteiger partial charge on any atom is 0.225 e. The third-order valence-corrected chi connectivity index (χ3v) is 4.93. The van der Waals surface area contributed by atoms with Crippen LogP contribution in [-0.4, -0.2) is 36.0 Å². The molecule has 0 radical (unpaired) electrons. The fraction of sp³-hybridized carbons (Fsp3) is 0.545. The highest BCUT2D eigenvalue weighted by molar-refractivity contribution is 5.45. The average Bonchev–Trinajstić information content (AvgIpc) is 3.17. The van der Waals surface area contributed by atoms with E-state index in [0.29, 0.717) is 30.6 Å². The van der Waals surface area contributed by atoms with E-state index in [1.165, 1.54) is 0 Å². The normalized spacial score (nSPS) is 18.0. The maximum absolute atomic E-state index is 5.76. The van der Waals surface area contributed by atoms with E-state index in [-0.39, 0.29) is 6.04 Å². The fourth-order valence-corrected chi connectivity index (χ4v) is 3.22. The van der Waals surface area contributed by atoms with Gasteiger partial charge in [0.15, 0.2) is 0 Å². The van der Waals surface area contributed by atoms with Gasteiger partial charge in [0.1, 0.15) is 18.3 Å². The molecule has 0 aliphatic carbocycles. The molecule has 2 atom stereocenters. The monoisotopic (exact) mass is 384 g/mol. The van der Waals surface area contributed by atoms with Crippen LogP contribution < -0.4 is 15.0 Å². The summed E-state index contributed by atoms with van der Waals surface area (Å²) in [7, 11) is 0. The summed E-state index contributed by atoms with van der Waals surface area (Å²) in [5.41, 5.74) is 1.16. The third kappa shape index (κ3) is 5.13. The summed E-state index contributed by atoms with van der Waals surface area (Å²) < 4.78 is 11.4. The Bertz CT molecular complexity index is 748. The minimum absolute atomic E-state index is 0.0881. The molecule has 1 aliphatic heterocycles. The molecule has 1 saturated heterocycles. The van der Waals surface area contributed by atoms with Crippen molar-refractivity contribution in [2.45, 2.75) is 46.7 Å². The molecule has 1 aromatic carbocycles. The molecule has 1 fully saturated rings. The van der Waals surface area contributed by atoms with Crippen LogP contribution in [0.2, 0.25) is 0 Å². The van der Waals surface area contributed by atoms with Gasteiger partial charge < -0.3 is 19.7 Å². The molecule has 0 saturated carbocycles. The van der Waals surface area contributed by atoms with Gasteiger partial charge in [-0.2, -0.15) is 4.98 Å². The number of ether oxygens (including phenoxy) is 2. The lowest BCUT2D eigenvalue weighted by atomic mass is 10.0. The van der Waals surface area contributed by atoms with Crippen molar-refractivity contribution >= 4 is 11.8 Å². The Hall–Kier alpha value is -2.34. The minimum atomic E-state index is 0.0881. The molecular weight excluding hydrogens is 352 g/mol. The number of nitrogens with zero attached hydrogens (tertiary/aromatic N) is 3. The first-order valence-corrected chi connectivity index (χ1v) is 10.1. The number of anilines is 2. The van der Waals surface area contributed by atoms with Crippen molar-refractivity contribution in [3.63, 3.8) is 0 Å². The number of rotatable bonds is 8. The minimum Gasteiger partial charge on any atom is -0.493 e. The fourth-order valence-electron chi connectivity index (χ4n) is 3.22. The molecule has 0 spiro atoms. The van der Waals surface area contributed by atoms with Crippen LogP contribution in [0.3, 0.4) is 0 Å². The molecule has 6 heteroatoms. The quantitative estimate of drug-likeness (QED) is 0.723. The second kappa shape index (κ2) is 9.24. The van der Waals surface area contributed by atoms with Crippen molar-refractivity contribution in [1.29, 1.82) is 0 Å². The highest BCUT2D eigenvalue weighted by Gasteiger charge is 2.29. The topological polar surface area (TPSA) is 59.5 Å². The van der Waals surface area contributed by atoms with Crippen LogP contribution in [0, 0.1) is 11.8 Å². The summed E-state index contributed by atoms with van der Waals surface area (Å²) >= 11 is 0. The number of hydrogen-bond acceptors (Lipinski definition) is 6. The van der Waals surface area contributed by atoms with Gasteiger partial charge in [0, 0.05) is 6.20 Å². The standard InChI is InChI=1S/C22H32N4O2/c1-15(2)12-28-19-8-6-18(7-9-19)17(5)24-22-23-11-10-21(25-22)26-14-27-13-20(26)16(3)4/h6-11,15-17,20H,12-14H2,1-5H3,(H,23,24,25)/t17-,20+/m0/s1. The molecule has 152 valence electrons. The second-order valence-corrected chi connectivity index (χ2v) is 8.16. The molecule has 2 heterocycles. The number of benzene rings is 1. The Labute approximate surface area is 168 Å². The van der Waals surface area contributed by atoms with Crippen molar-refractivity contribution in [3.05, 3.63) is 42.1 Å². The predicted octanol–water partition coefficient (Wildman–Crippen LogP) is 4.50. The zero-order valence-corrected chi connectivity index (χ0v) is 17.6. The molecule has 3 rings (SSSR count). The Morgan fingerprint density at radius 1 is 1.14 bits per heavy atom. The Balaban J connectivity index is 1.65. The number of nitrogens with one attached hydrogen (secondary N) is 1. The van der Waals surface area contributed by atoms with E-state index >= 15 is 0 Å². The summed E-state index contributed by atoms with van der Waals surface area (Å²) in [6.45, 7) is 12.9. The van der Waals surface area contributed by atoms with Crippen molar-refractivity contribution in [3.8, 4) is 5.75 Å². The Morgan fingerprint density at radius 3 is 2.57 bits per heavy atom. The predicted molar refractivity (Wildman–Crippen MR) is 113 cm³/mol. The zero-order chi connectivity index (χ0) is 20.1. The molecule has 0 bridgehead atoms. The number of hydrogen-bond donors (Lipinski definition) is 1. The molecule has 0 unspecified atom stereocenters. The van der Waals surface area contributed by atoms with Gasteiger partial charge in [-0.1, -0.05) is 39.8 Å². The smallest absolute Gasteiger partial charge is 0.225 e. The first-order valence-electron chi connectivity index (χ1n) is 10.1. The van der Waals surface area contributed by atoms with E-state index < -0.39 is 0 Å². The molecule has 1 aliphatic rings. The van der Waals surface area contributed by atoms with Crippen LogP contribution in [0.1, 0.15) is 46.2 Å². The average molecular weight is 385 g/mol. The van der Waals surface area contributed by atoms with E-state index in [0.717, 1.165) is 30.3 Å². The van der Waals surface area contributed by atoms with Crippen molar-refractivity contribution in [2.24, 2.45) is 11.8 Å². The summed E-state index contributed by atoms with van der Waals surface area (Å²) in [4.78, 5) is 11.3. The lowest BCUT2D eigenvalue weighted by Gasteiger charge is -2.26. The summed E-state index contributed by atoms with van der Waals surface area (Å²) in [6, 6.07) is 10.6. The maximum atomic E-state index is 5.76. The summed E-state index contributed by atoms with van der Waals surface area (Å²) in [6.07, 6.45) is 1.80. The molecule has 1 N–H and O–H groups in total. The molecule has 0 amide bonds. The van der Waals surface area contributed by atoms with Crippen LogP contribution in [0.5, 0.6) is 5.75 Å². The first-order chi connectivity index (χ1) is 13.4. The lowest BCUT2D eigenvalue weighted by molar-refractivity contribution is 0.188. The van der Waals surface area contributed by atoms with E-state index in [1.54, 1.807) is 6.20 Å². The van der Waals surface area contributed by atoms with Gasteiger partial charge in [0.05, 0.1) is 25.3 Å². The van der Waals surface area contributed by atoms with Gasteiger partial charge in [-0.05, 0) is 42.5 Å². The van der Waals surface area contributed by atoms with Crippen molar-refractivity contribution < 1.29 is 9.47 Å². The Morgan fingerprint density at radius 2 is 1.89 bits per heavy atom. The van der Waals surface area contributed by atoms with Crippen LogP contribution in [0.15, 0.2) is 36.5 Å². The second-order valence-electron chi connectivity index (χ2n) is 8.16.